The largest absolute Gasteiger partial charge is 0.370 e. The summed E-state index contributed by atoms with van der Waals surface area (Å²) in [6.07, 6.45) is 4.47. The predicted molar refractivity (Wildman–Crippen MR) is 81.6 cm³/mol. The van der Waals surface area contributed by atoms with Crippen LogP contribution in [0.15, 0.2) is 18.3 Å². The molecule has 2 heterocycles. The fourth-order valence-electron chi connectivity index (χ4n) is 2.45. The zero-order valence-electron chi connectivity index (χ0n) is 12.7. The van der Waals surface area contributed by atoms with Crippen molar-refractivity contribution in [1.82, 2.24) is 10.3 Å². The molecule has 0 aliphatic carbocycles. The highest BCUT2D eigenvalue weighted by atomic mass is 15.0. The summed E-state index contributed by atoms with van der Waals surface area (Å²) < 4.78 is 0. The number of anilines is 1. The molecule has 1 aliphatic rings. The van der Waals surface area contributed by atoms with Crippen LogP contribution in [-0.4, -0.2) is 24.6 Å². The number of nitrogens with one attached hydrogen (secondary N) is 2. The first-order valence-electron chi connectivity index (χ1n) is 7.30. The second-order valence-electron chi connectivity index (χ2n) is 7.10. The first-order valence-corrected chi connectivity index (χ1v) is 7.30. The second kappa shape index (κ2) is 5.49. The van der Waals surface area contributed by atoms with Crippen molar-refractivity contribution in [3.05, 3.63) is 23.9 Å². The van der Waals surface area contributed by atoms with Gasteiger partial charge in [-0.3, -0.25) is 0 Å². The Morgan fingerprint density at radius 3 is 2.47 bits per heavy atom. The molecule has 2 N–H and O–H groups in total. The quantitative estimate of drug-likeness (QED) is 0.877. The predicted octanol–water partition coefficient (Wildman–Crippen LogP) is 3.18. The van der Waals surface area contributed by atoms with E-state index in [2.05, 4.69) is 55.4 Å². The van der Waals surface area contributed by atoms with Crippen LogP contribution in [-0.2, 0) is 5.41 Å². The summed E-state index contributed by atoms with van der Waals surface area (Å²) in [7, 11) is 0. The Morgan fingerprint density at radius 1 is 1.26 bits per heavy atom. The van der Waals surface area contributed by atoms with Gasteiger partial charge in [-0.1, -0.05) is 33.8 Å². The minimum Gasteiger partial charge on any atom is -0.370 e. The van der Waals surface area contributed by atoms with Gasteiger partial charge in [0.1, 0.15) is 5.82 Å². The molecule has 2 rings (SSSR count). The van der Waals surface area contributed by atoms with Crippen molar-refractivity contribution in [2.45, 2.75) is 46.0 Å². The van der Waals surface area contributed by atoms with Crippen LogP contribution in [0, 0.1) is 5.41 Å². The fraction of sp³-hybridized carbons (Fsp3) is 0.688. The molecule has 3 nitrogen and oxygen atoms in total. The Balaban J connectivity index is 1.93. The molecule has 19 heavy (non-hydrogen) atoms. The first kappa shape index (κ1) is 14.3. The first-order chi connectivity index (χ1) is 8.89. The van der Waals surface area contributed by atoms with Crippen molar-refractivity contribution in [2.24, 2.45) is 5.41 Å². The Kier molecular flexibility index (Phi) is 4.14. The van der Waals surface area contributed by atoms with Crippen LogP contribution in [0.4, 0.5) is 5.82 Å². The summed E-state index contributed by atoms with van der Waals surface area (Å²) in [5.74, 6) is 0.993. The van der Waals surface area contributed by atoms with Crippen molar-refractivity contribution < 1.29 is 0 Å². The molecule has 1 aromatic heterocycles. The van der Waals surface area contributed by atoms with E-state index in [1.807, 2.05) is 6.20 Å². The normalized spacial score (nSPS) is 19.2. The lowest BCUT2D eigenvalue weighted by molar-refractivity contribution is 0.247. The van der Waals surface area contributed by atoms with E-state index in [0.717, 1.165) is 25.5 Å². The van der Waals surface area contributed by atoms with Crippen LogP contribution in [0.2, 0.25) is 0 Å². The van der Waals surface area contributed by atoms with E-state index in [1.165, 1.54) is 18.4 Å². The maximum Gasteiger partial charge on any atom is 0.125 e. The minimum atomic E-state index is 0.173. The molecule has 0 saturated carbocycles. The molecule has 1 fully saturated rings. The molecule has 0 atom stereocenters. The van der Waals surface area contributed by atoms with Gasteiger partial charge >= 0.3 is 0 Å². The standard InChI is InChI=1S/C16H27N3/c1-15(2,3)13-5-6-14(18-11-13)19-12-16(4)7-9-17-10-8-16/h5-6,11,17H,7-10,12H2,1-4H3,(H,18,19). The van der Waals surface area contributed by atoms with E-state index in [9.17, 15) is 0 Å². The van der Waals surface area contributed by atoms with Crippen LogP contribution in [0.25, 0.3) is 0 Å². The number of rotatable bonds is 3. The van der Waals surface area contributed by atoms with Crippen molar-refractivity contribution in [2.75, 3.05) is 25.0 Å². The number of piperidine rings is 1. The van der Waals surface area contributed by atoms with Crippen molar-refractivity contribution in [3.8, 4) is 0 Å². The number of aromatic nitrogens is 1. The molecular weight excluding hydrogens is 234 g/mol. The smallest absolute Gasteiger partial charge is 0.125 e. The number of hydrogen-bond acceptors (Lipinski definition) is 3. The van der Waals surface area contributed by atoms with E-state index >= 15 is 0 Å². The summed E-state index contributed by atoms with van der Waals surface area (Å²) in [6, 6.07) is 4.28. The molecule has 0 amide bonds. The molecule has 1 saturated heterocycles. The second-order valence-corrected chi connectivity index (χ2v) is 7.10. The number of hydrogen-bond donors (Lipinski definition) is 2. The molecule has 0 radical (unpaired) electrons. The molecule has 1 aromatic rings. The number of pyridine rings is 1. The van der Waals surface area contributed by atoms with Gasteiger partial charge in [0.2, 0.25) is 0 Å². The fourth-order valence-corrected chi connectivity index (χ4v) is 2.45. The SMILES string of the molecule is CC1(CNc2ccc(C(C)(C)C)cn2)CCNCC1. The molecular formula is C16H27N3. The van der Waals surface area contributed by atoms with Crippen molar-refractivity contribution in [1.29, 1.82) is 0 Å². The molecule has 106 valence electrons. The zero-order valence-corrected chi connectivity index (χ0v) is 12.7. The minimum absolute atomic E-state index is 0.173. The molecule has 0 unspecified atom stereocenters. The van der Waals surface area contributed by atoms with Gasteiger partial charge in [-0.15, -0.1) is 0 Å². The van der Waals surface area contributed by atoms with E-state index in [-0.39, 0.29) is 5.41 Å². The van der Waals surface area contributed by atoms with Crippen molar-refractivity contribution >= 4 is 5.82 Å². The monoisotopic (exact) mass is 261 g/mol. The van der Waals surface area contributed by atoms with Gasteiger partial charge in [0, 0.05) is 12.7 Å². The topological polar surface area (TPSA) is 37.0 Å². The van der Waals surface area contributed by atoms with Gasteiger partial charge in [0.15, 0.2) is 0 Å². The van der Waals surface area contributed by atoms with Crippen LogP contribution in [0.1, 0.15) is 46.1 Å². The summed E-state index contributed by atoms with van der Waals surface area (Å²) in [4.78, 5) is 4.53. The molecule has 1 aliphatic heterocycles. The molecule has 0 spiro atoms. The highest BCUT2D eigenvalue weighted by molar-refractivity contribution is 5.37. The summed E-state index contributed by atoms with van der Waals surface area (Å²) in [5.41, 5.74) is 1.86. The van der Waals surface area contributed by atoms with Gasteiger partial charge in [0.05, 0.1) is 0 Å². The van der Waals surface area contributed by atoms with Crippen LogP contribution in [0.5, 0.6) is 0 Å². The highest BCUT2D eigenvalue weighted by Gasteiger charge is 2.26. The third kappa shape index (κ3) is 3.93. The van der Waals surface area contributed by atoms with Gasteiger partial charge < -0.3 is 10.6 Å². The summed E-state index contributed by atoms with van der Waals surface area (Å²) in [5, 5.41) is 6.91. The average Bonchev–Trinajstić information content (AvgIpc) is 2.37. The Hall–Kier alpha value is -1.09. The number of nitrogens with zero attached hydrogens (tertiary/aromatic N) is 1. The van der Waals surface area contributed by atoms with Crippen LogP contribution in [0.3, 0.4) is 0 Å². The zero-order chi connectivity index (χ0) is 13.9. The molecule has 3 heteroatoms. The lowest BCUT2D eigenvalue weighted by Gasteiger charge is -2.34. The van der Waals surface area contributed by atoms with Crippen LogP contribution >= 0.6 is 0 Å². The van der Waals surface area contributed by atoms with E-state index in [0.29, 0.717) is 5.41 Å². The maximum absolute atomic E-state index is 4.53. The lowest BCUT2D eigenvalue weighted by atomic mass is 9.81. The van der Waals surface area contributed by atoms with E-state index in [1.54, 1.807) is 0 Å². The average molecular weight is 261 g/mol. The van der Waals surface area contributed by atoms with Crippen molar-refractivity contribution in [3.63, 3.8) is 0 Å². The summed E-state index contributed by atoms with van der Waals surface area (Å²) in [6.45, 7) is 12.3. The Morgan fingerprint density at radius 2 is 1.95 bits per heavy atom. The Labute approximate surface area is 117 Å². The molecule has 0 bridgehead atoms. The van der Waals surface area contributed by atoms with E-state index < -0.39 is 0 Å². The lowest BCUT2D eigenvalue weighted by Crippen LogP contribution is -2.39. The Bertz CT molecular complexity index is 397. The van der Waals surface area contributed by atoms with Gasteiger partial charge in [0.25, 0.3) is 0 Å². The van der Waals surface area contributed by atoms with Gasteiger partial charge in [-0.05, 0) is 48.4 Å². The highest BCUT2D eigenvalue weighted by Crippen LogP contribution is 2.28. The van der Waals surface area contributed by atoms with E-state index in [4.69, 9.17) is 0 Å². The maximum atomic E-state index is 4.53. The van der Waals surface area contributed by atoms with Gasteiger partial charge in [-0.2, -0.15) is 0 Å². The third-order valence-corrected chi connectivity index (χ3v) is 4.14. The summed E-state index contributed by atoms with van der Waals surface area (Å²) >= 11 is 0. The van der Waals surface area contributed by atoms with Gasteiger partial charge in [-0.25, -0.2) is 4.98 Å². The third-order valence-electron chi connectivity index (χ3n) is 4.14. The molecule has 0 aromatic carbocycles. The van der Waals surface area contributed by atoms with Crippen LogP contribution < -0.4 is 10.6 Å².